The van der Waals surface area contributed by atoms with Crippen LogP contribution >= 0.6 is 11.6 Å². The van der Waals surface area contributed by atoms with Gasteiger partial charge in [-0.15, -0.1) is 0 Å². The Balaban J connectivity index is 1.78. The molecule has 0 fully saturated rings. The molecule has 0 saturated heterocycles. The lowest BCUT2D eigenvalue weighted by molar-refractivity contribution is -0.117. The molecule has 3 N–H and O–H groups in total. The summed E-state index contributed by atoms with van der Waals surface area (Å²) in [6, 6.07) is 6.30. The highest BCUT2D eigenvalue weighted by atomic mass is 35.5. The number of phenolic OH excluding ortho intramolecular Hbond substituents is 1. The van der Waals surface area contributed by atoms with Gasteiger partial charge in [0.2, 0.25) is 5.91 Å². The number of hydrogen-bond acceptors (Lipinski definition) is 4. The molecule has 1 unspecified atom stereocenters. The van der Waals surface area contributed by atoms with Crippen molar-refractivity contribution in [1.82, 2.24) is 10.3 Å². The Kier molecular flexibility index (Phi) is 5.11. The summed E-state index contributed by atoms with van der Waals surface area (Å²) in [5.41, 5.74) is 1.71. The number of phenols is 1. The van der Waals surface area contributed by atoms with E-state index in [0.29, 0.717) is 29.1 Å². The standard InChI is InChI=1S/C20H22ClN3O3/c1-20(2,3)24-19(27)15-10-11(8-9-22-15)23-18(26)13-5-4-12-14(21)6-7-16(25)17(12)13/h6-10,13,25H,4-5H2,1-3H3,(H,24,27)(H,22,23,26). The van der Waals surface area contributed by atoms with Gasteiger partial charge < -0.3 is 15.7 Å². The molecule has 6 nitrogen and oxygen atoms in total. The van der Waals surface area contributed by atoms with Crippen LogP contribution in [0.25, 0.3) is 0 Å². The summed E-state index contributed by atoms with van der Waals surface area (Å²) >= 11 is 6.18. The van der Waals surface area contributed by atoms with Crippen LogP contribution in [0.5, 0.6) is 5.75 Å². The first kappa shape index (κ1) is 19.2. The van der Waals surface area contributed by atoms with E-state index >= 15 is 0 Å². The first-order valence-electron chi connectivity index (χ1n) is 8.75. The van der Waals surface area contributed by atoms with Crippen LogP contribution in [0.2, 0.25) is 5.02 Å². The molecular formula is C20H22ClN3O3. The van der Waals surface area contributed by atoms with Gasteiger partial charge in [0.05, 0.1) is 5.92 Å². The summed E-state index contributed by atoms with van der Waals surface area (Å²) in [4.78, 5) is 29.1. The Morgan fingerprint density at radius 3 is 2.70 bits per heavy atom. The second kappa shape index (κ2) is 7.19. The summed E-state index contributed by atoms with van der Waals surface area (Å²) in [5.74, 6) is -0.973. The van der Waals surface area contributed by atoms with Crippen molar-refractivity contribution in [3.05, 3.63) is 52.3 Å². The number of nitrogens with zero attached hydrogens (tertiary/aromatic N) is 1. The van der Waals surface area contributed by atoms with Crippen LogP contribution in [0.15, 0.2) is 30.5 Å². The van der Waals surface area contributed by atoms with E-state index in [9.17, 15) is 14.7 Å². The van der Waals surface area contributed by atoms with Crippen molar-refractivity contribution in [3.63, 3.8) is 0 Å². The number of carbonyl (C=O) groups excluding carboxylic acids is 2. The Hall–Kier alpha value is -2.60. The lowest BCUT2D eigenvalue weighted by Crippen LogP contribution is -2.40. The smallest absolute Gasteiger partial charge is 0.270 e. The van der Waals surface area contributed by atoms with E-state index in [1.54, 1.807) is 12.1 Å². The van der Waals surface area contributed by atoms with Crippen LogP contribution in [0.3, 0.4) is 0 Å². The molecule has 3 rings (SSSR count). The van der Waals surface area contributed by atoms with Crippen molar-refractivity contribution >= 4 is 29.1 Å². The average molecular weight is 388 g/mol. The largest absolute Gasteiger partial charge is 0.508 e. The SMILES string of the molecule is CC(C)(C)NC(=O)c1cc(NC(=O)C2CCc3c(Cl)ccc(O)c32)ccn1. The molecule has 1 atom stereocenters. The summed E-state index contributed by atoms with van der Waals surface area (Å²) < 4.78 is 0. The predicted octanol–water partition coefficient (Wildman–Crippen LogP) is 3.64. The first-order valence-corrected chi connectivity index (χ1v) is 9.13. The van der Waals surface area contributed by atoms with Crippen molar-refractivity contribution in [2.45, 2.75) is 45.1 Å². The fourth-order valence-corrected chi connectivity index (χ4v) is 3.49. The molecule has 27 heavy (non-hydrogen) atoms. The number of anilines is 1. The molecule has 1 heterocycles. The lowest BCUT2D eigenvalue weighted by atomic mass is 9.99. The molecule has 0 spiro atoms. The van der Waals surface area contributed by atoms with Gasteiger partial charge in [0.15, 0.2) is 0 Å². The van der Waals surface area contributed by atoms with Crippen LogP contribution in [-0.2, 0) is 11.2 Å². The maximum absolute atomic E-state index is 12.8. The van der Waals surface area contributed by atoms with Crippen LogP contribution < -0.4 is 10.6 Å². The molecule has 0 radical (unpaired) electrons. The fraction of sp³-hybridized carbons (Fsp3) is 0.350. The first-order chi connectivity index (χ1) is 12.7. The molecule has 0 bridgehead atoms. The minimum absolute atomic E-state index is 0.0759. The molecule has 1 aliphatic carbocycles. The minimum Gasteiger partial charge on any atom is -0.508 e. The van der Waals surface area contributed by atoms with Crippen LogP contribution in [0, 0.1) is 0 Å². The zero-order chi connectivity index (χ0) is 19.8. The van der Waals surface area contributed by atoms with Gasteiger partial charge in [-0.2, -0.15) is 0 Å². The van der Waals surface area contributed by atoms with E-state index in [1.165, 1.54) is 18.3 Å². The molecule has 2 amide bonds. The topological polar surface area (TPSA) is 91.3 Å². The number of fused-ring (bicyclic) bond motifs is 1. The van der Waals surface area contributed by atoms with Crippen molar-refractivity contribution < 1.29 is 14.7 Å². The number of rotatable bonds is 3. The normalized spacial score (nSPS) is 15.9. The Morgan fingerprint density at radius 2 is 2.00 bits per heavy atom. The number of aromatic nitrogens is 1. The average Bonchev–Trinajstić information content (AvgIpc) is 3.03. The number of hydrogen-bond donors (Lipinski definition) is 3. The predicted molar refractivity (Wildman–Crippen MR) is 104 cm³/mol. The zero-order valence-corrected chi connectivity index (χ0v) is 16.2. The van der Waals surface area contributed by atoms with E-state index in [-0.39, 0.29) is 28.8 Å². The highest BCUT2D eigenvalue weighted by molar-refractivity contribution is 6.31. The molecular weight excluding hydrogens is 366 g/mol. The Bertz CT molecular complexity index is 906. The fourth-order valence-electron chi connectivity index (χ4n) is 3.23. The summed E-state index contributed by atoms with van der Waals surface area (Å²) in [6.45, 7) is 5.64. The number of aromatic hydroxyl groups is 1. The molecule has 0 saturated carbocycles. The van der Waals surface area contributed by atoms with E-state index < -0.39 is 5.92 Å². The van der Waals surface area contributed by atoms with Gasteiger partial charge in [0, 0.05) is 28.0 Å². The van der Waals surface area contributed by atoms with Gasteiger partial charge in [-0.1, -0.05) is 11.6 Å². The van der Waals surface area contributed by atoms with Crippen molar-refractivity contribution in [3.8, 4) is 5.75 Å². The molecule has 1 aromatic heterocycles. The van der Waals surface area contributed by atoms with Crippen molar-refractivity contribution in [1.29, 1.82) is 0 Å². The van der Waals surface area contributed by atoms with Crippen LogP contribution in [-0.4, -0.2) is 27.4 Å². The summed E-state index contributed by atoms with van der Waals surface area (Å²) in [7, 11) is 0. The molecule has 1 aromatic carbocycles. The molecule has 1 aliphatic rings. The van der Waals surface area contributed by atoms with Crippen LogP contribution in [0.1, 0.15) is 54.7 Å². The number of carbonyl (C=O) groups is 2. The second-order valence-corrected chi connectivity index (χ2v) is 8.08. The van der Waals surface area contributed by atoms with Crippen molar-refractivity contribution in [2.75, 3.05) is 5.32 Å². The van der Waals surface area contributed by atoms with Gasteiger partial charge in [0.1, 0.15) is 11.4 Å². The molecule has 2 aromatic rings. The van der Waals surface area contributed by atoms with Gasteiger partial charge in [-0.3, -0.25) is 14.6 Å². The quantitative estimate of drug-likeness (QED) is 0.749. The van der Waals surface area contributed by atoms with Gasteiger partial charge >= 0.3 is 0 Å². The highest BCUT2D eigenvalue weighted by Gasteiger charge is 2.33. The molecule has 0 aliphatic heterocycles. The third-order valence-corrected chi connectivity index (χ3v) is 4.73. The third kappa shape index (κ3) is 4.22. The van der Waals surface area contributed by atoms with E-state index in [1.807, 2.05) is 20.8 Å². The second-order valence-electron chi connectivity index (χ2n) is 7.67. The zero-order valence-electron chi connectivity index (χ0n) is 15.5. The van der Waals surface area contributed by atoms with Crippen LogP contribution in [0.4, 0.5) is 5.69 Å². The minimum atomic E-state index is -0.487. The van der Waals surface area contributed by atoms with Crippen molar-refractivity contribution in [2.24, 2.45) is 0 Å². The summed E-state index contributed by atoms with van der Waals surface area (Å²) in [6.07, 6.45) is 2.68. The summed E-state index contributed by atoms with van der Waals surface area (Å²) in [5, 5.41) is 16.4. The lowest BCUT2D eigenvalue weighted by Gasteiger charge is -2.20. The van der Waals surface area contributed by atoms with E-state index in [2.05, 4.69) is 15.6 Å². The van der Waals surface area contributed by atoms with E-state index in [0.717, 1.165) is 5.56 Å². The molecule has 7 heteroatoms. The monoisotopic (exact) mass is 387 g/mol. The molecule has 142 valence electrons. The number of pyridine rings is 1. The van der Waals surface area contributed by atoms with Gasteiger partial charge in [-0.25, -0.2) is 0 Å². The number of halogens is 1. The van der Waals surface area contributed by atoms with Gasteiger partial charge in [0.25, 0.3) is 5.91 Å². The van der Waals surface area contributed by atoms with Gasteiger partial charge in [-0.05, 0) is 63.4 Å². The maximum atomic E-state index is 12.8. The highest BCUT2D eigenvalue weighted by Crippen LogP contribution is 2.42. The van der Waals surface area contributed by atoms with E-state index in [4.69, 9.17) is 11.6 Å². The number of amides is 2. The third-order valence-electron chi connectivity index (χ3n) is 4.37. The maximum Gasteiger partial charge on any atom is 0.270 e. The number of nitrogens with one attached hydrogen (secondary N) is 2. The Morgan fingerprint density at radius 1 is 1.26 bits per heavy atom. The Labute approximate surface area is 163 Å². The number of benzene rings is 1.